The normalized spacial score (nSPS) is 14.5. The van der Waals surface area contributed by atoms with Gasteiger partial charge in [-0.05, 0) is 44.0 Å². The number of benzene rings is 1. The second kappa shape index (κ2) is 9.53. The van der Waals surface area contributed by atoms with Crippen LogP contribution in [0.15, 0.2) is 29.1 Å². The topological polar surface area (TPSA) is 131 Å². The number of halogens is 1. The summed E-state index contributed by atoms with van der Waals surface area (Å²) in [4.78, 5) is 48.9. The SMILES string of the molecule is Cc1cc2c(c(=O)n1CC(=O)NCc1cc(Cl)ccc1OCC(=O)NC1CC1)NC(=O)CN2. The number of carbonyl (C=O) groups is 3. The molecule has 2 aliphatic rings. The summed E-state index contributed by atoms with van der Waals surface area (Å²) in [5.41, 5.74) is 1.36. The summed E-state index contributed by atoms with van der Waals surface area (Å²) in [6.07, 6.45) is 1.97. The monoisotopic (exact) mass is 473 g/mol. The first-order valence-electron chi connectivity index (χ1n) is 10.6. The molecular weight excluding hydrogens is 450 g/mol. The number of hydrogen-bond acceptors (Lipinski definition) is 6. The molecule has 1 saturated carbocycles. The second-order valence-electron chi connectivity index (χ2n) is 8.03. The number of anilines is 2. The first-order chi connectivity index (χ1) is 15.8. The van der Waals surface area contributed by atoms with Gasteiger partial charge in [0.2, 0.25) is 11.8 Å². The van der Waals surface area contributed by atoms with Gasteiger partial charge in [0.25, 0.3) is 11.5 Å². The van der Waals surface area contributed by atoms with E-state index in [0.717, 1.165) is 12.8 Å². The molecule has 4 N–H and O–H groups in total. The summed E-state index contributed by atoms with van der Waals surface area (Å²) in [7, 11) is 0. The molecule has 2 aromatic rings. The van der Waals surface area contributed by atoms with E-state index < -0.39 is 11.5 Å². The van der Waals surface area contributed by atoms with Crippen molar-refractivity contribution in [1.29, 1.82) is 0 Å². The molecule has 0 atom stereocenters. The van der Waals surface area contributed by atoms with Crippen molar-refractivity contribution in [3.05, 3.63) is 50.9 Å². The molecule has 33 heavy (non-hydrogen) atoms. The van der Waals surface area contributed by atoms with E-state index in [1.54, 1.807) is 31.2 Å². The Morgan fingerprint density at radius 2 is 2.00 bits per heavy atom. The molecule has 0 bridgehead atoms. The van der Waals surface area contributed by atoms with Crippen LogP contribution >= 0.6 is 11.6 Å². The lowest BCUT2D eigenvalue weighted by Gasteiger charge is -2.21. The molecule has 1 aromatic heterocycles. The van der Waals surface area contributed by atoms with Crippen molar-refractivity contribution in [2.75, 3.05) is 23.8 Å². The summed E-state index contributed by atoms with van der Waals surface area (Å²) in [6.45, 7) is 1.53. The number of nitrogens with one attached hydrogen (secondary N) is 4. The zero-order valence-corrected chi connectivity index (χ0v) is 18.8. The molecule has 174 valence electrons. The average Bonchev–Trinajstić information content (AvgIpc) is 3.59. The fraction of sp³-hybridized carbons (Fsp3) is 0.364. The zero-order valence-electron chi connectivity index (χ0n) is 18.0. The van der Waals surface area contributed by atoms with Crippen LogP contribution in [0.2, 0.25) is 5.02 Å². The van der Waals surface area contributed by atoms with Crippen molar-refractivity contribution in [3.63, 3.8) is 0 Å². The van der Waals surface area contributed by atoms with Gasteiger partial charge in [-0.1, -0.05) is 11.6 Å². The molecule has 2 heterocycles. The minimum absolute atomic E-state index is 0.0860. The summed E-state index contributed by atoms with van der Waals surface area (Å²) in [5, 5.41) is 11.5. The number of carbonyl (C=O) groups excluding carboxylic acids is 3. The third-order valence-corrected chi connectivity index (χ3v) is 5.55. The van der Waals surface area contributed by atoms with Crippen LogP contribution in [-0.4, -0.2) is 41.5 Å². The third kappa shape index (κ3) is 5.64. The van der Waals surface area contributed by atoms with Crippen LogP contribution in [0.4, 0.5) is 11.4 Å². The first kappa shape index (κ1) is 22.7. The number of amides is 3. The van der Waals surface area contributed by atoms with Gasteiger partial charge in [0.05, 0.1) is 12.2 Å². The fourth-order valence-corrected chi connectivity index (χ4v) is 3.64. The van der Waals surface area contributed by atoms with E-state index in [0.29, 0.717) is 27.7 Å². The Labute approximate surface area is 194 Å². The Morgan fingerprint density at radius 3 is 2.76 bits per heavy atom. The van der Waals surface area contributed by atoms with Gasteiger partial charge in [-0.25, -0.2) is 0 Å². The van der Waals surface area contributed by atoms with Gasteiger partial charge in [0, 0.05) is 28.9 Å². The van der Waals surface area contributed by atoms with Gasteiger partial charge in [-0.3, -0.25) is 19.2 Å². The summed E-state index contributed by atoms with van der Waals surface area (Å²) < 4.78 is 6.91. The fourth-order valence-electron chi connectivity index (χ4n) is 3.45. The molecule has 10 nitrogen and oxygen atoms in total. The Bertz CT molecular complexity index is 1170. The Balaban J connectivity index is 1.40. The van der Waals surface area contributed by atoms with Gasteiger partial charge in [0.1, 0.15) is 18.0 Å². The maximum absolute atomic E-state index is 12.8. The molecule has 1 aliphatic carbocycles. The van der Waals surface area contributed by atoms with Crippen LogP contribution in [0.25, 0.3) is 0 Å². The van der Waals surface area contributed by atoms with Crippen molar-refractivity contribution >= 4 is 40.7 Å². The minimum Gasteiger partial charge on any atom is -0.483 e. The average molecular weight is 474 g/mol. The summed E-state index contributed by atoms with van der Waals surface area (Å²) >= 11 is 6.09. The van der Waals surface area contributed by atoms with Crippen LogP contribution in [-0.2, 0) is 27.5 Å². The molecule has 1 aliphatic heterocycles. The number of pyridine rings is 1. The molecular formula is C22H24ClN5O5. The van der Waals surface area contributed by atoms with Crippen molar-refractivity contribution < 1.29 is 19.1 Å². The number of ether oxygens (including phenoxy) is 1. The van der Waals surface area contributed by atoms with Gasteiger partial charge in [-0.2, -0.15) is 0 Å². The molecule has 3 amide bonds. The Kier molecular flexibility index (Phi) is 6.55. The lowest BCUT2D eigenvalue weighted by Crippen LogP contribution is -2.38. The van der Waals surface area contributed by atoms with Crippen LogP contribution < -0.4 is 31.6 Å². The van der Waals surface area contributed by atoms with E-state index in [9.17, 15) is 19.2 Å². The lowest BCUT2D eigenvalue weighted by atomic mass is 10.2. The second-order valence-corrected chi connectivity index (χ2v) is 8.46. The molecule has 11 heteroatoms. The van der Waals surface area contributed by atoms with E-state index in [4.69, 9.17) is 16.3 Å². The molecule has 0 saturated heterocycles. The first-order valence-corrected chi connectivity index (χ1v) is 10.9. The van der Waals surface area contributed by atoms with E-state index >= 15 is 0 Å². The van der Waals surface area contributed by atoms with E-state index in [1.807, 2.05) is 0 Å². The van der Waals surface area contributed by atoms with E-state index in [1.165, 1.54) is 4.57 Å². The number of fused-ring (bicyclic) bond motifs is 1. The lowest BCUT2D eigenvalue weighted by molar-refractivity contribution is -0.123. The summed E-state index contributed by atoms with van der Waals surface area (Å²) in [5.74, 6) is -0.501. The number of aryl methyl sites for hydroxylation is 1. The van der Waals surface area contributed by atoms with Crippen LogP contribution in [0.5, 0.6) is 5.75 Å². The molecule has 1 fully saturated rings. The Hall–Kier alpha value is -3.53. The highest BCUT2D eigenvalue weighted by Crippen LogP contribution is 2.24. The number of nitrogens with zero attached hydrogens (tertiary/aromatic N) is 1. The van der Waals surface area contributed by atoms with Gasteiger partial charge in [-0.15, -0.1) is 0 Å². The van der Waals surface area contributed by atoms with Gasteiger partial charge in [0.15, 0.2) is 6.61 Å². The highest BCUT2D eigenvalue weighted by Gasteiger charge is 2.24. The highest BCUT2D eigenvalue weighted by molar-refractivity contribution is 6.30. The predicted molar refractivity (Wildman–Crippen MR) is 123 cm³/mol. The number of aromatic nitrogens is 1. The Morgan fingerprint density at radius 1 is 1.21 bits per heavy atom. The third-order valence-electron chi connectivity index (χ3n) is 5.31. The van der Waals surface area contributed by atoms with Crippen molar-refractivity contribution in [2.24, 2.45) is 0 Å². The quantitative estimate of drug-likeness (QED) is 0.455. The van der Waals surface area contributed by atoms with Crippen molar-refractivity contribution in [2.45, 2.75) is 38.9 Å². The predicted octanol–water partition coefficient (Wildman–Crippen LogP) is 1.15. The molecule has 1 aromatic carbocycles. The van der Waals surface area contributed by atoms with Gasteiger partial charge >= 0.3 is 0 Å². The largest absolute Gasteiger partial charge is 0.483 e. The molecule has 0 unspecified atom stereocenters. The zero-order chi connectivity index (χ0) is 23.5. The number of rotatable bonds is 8. The van der Waals surface area contributed by atoms with Crippen molar-refractivity contribution in [1.82, 2.24) is 15.2 Å². The molecule has 4 rings (SSSR count). The van der Waals surface area contributed by atoms with Crippen molar-refractivity contribution in [3.8, 4) is 5.75 Å². The minimum atomic E-state index is -0.464. The van der Waals surface area contributed by atoms with Crippen LogP contribution in [0.3, 0.4) is 0 Å². The highest BCUT2D eigenvalue weighted by atomic mass is 35.5. The molecule has 0 radical (unpaired) electrons. The van der Waals surface area contributed by atoms with E-state index in [2.05, 4.69) is 21.3 Å². The molecule has 0 spiro atoms. The van der Waals surface area contributed by atoms with E-state index in [-0.39, 0.29) is 49.8 Å². The number of hydrogen-bond donors (Lipinski definition) is 4. The summed E-state index contributed by atoms with van der Waals surface area (Å²) in [6, 6.07) is 6.87. The standard InChI is InChI=1S/C22H24ClN5O5/c1-12-6-16-21(27-18(29)9-24-16)22(32)28(12)10-19(30)25-8-13-7-14(23)2-5-17(13)33-11-20(31)26-15-3-4-15/h2,5-7,15,24H,3-4,8-11H2,1H3,(H,25,30)(H,26,31)(H,27,29). The maximum atomic E-state index is 12.8. The smallest absolute Gasteiger partial charge is 0.277 e. The van der Waals surface area contributed by atoms with Gasteiger partial charge < -0.3 is 30.6 Å². The van der Waals surface area contributed by atoms with Crippen LogP contribution in [0.1, 0.15) is 24.1 Å². The van der Waals surface area contributed by atoms with Crippen LogP contribution in [0, 0.1) is 6.92 Å². The maximum Gasteiger partial charge on any atom is 0.277 e.